The number of nitrogens with zero attached hydrogens (tertiary/aromatic N) is 2. The Morgan fingerprint density at radius 3 is 2.69 bits per heavy atom. The van der Waals surface area contributed by atoms with Gasteiger partial charge >= 0.3 is 5.97 Å². The topological polar surface area (TPSA) is 55.1 Å². The van der Waals surface area contributed by atoms with Crippen molar-refractivity contribution in [2.24, 2.45) is 13.0 Å². The Balaban J connectivity index is 2.76. The lowest BCUT2D eigenvalue weighted by Gasteiger charge is -2.10. The number of carboxylic acids is 1. The molecule has 0 radical (unpaired) electrons. The molecule has 1 heterocycles. The van der Waals surface area contributed by atoms with Gasteiger partial charge in [0.2, 0.25) is 0 Å². The number of aromatic nitrogens is 2. The zero-order chi connectivity index (χ0) is 12.1. The molecule has 0 aromatic carbocycles. The number of hydrogen-bond donors (Lipinski definition) is 1. The molecule has 0 amide bonds. The molecule has 0 aliphatic heterocycles. The van der Waals surface area contributed by atoms with Crippen molar-refractivity contribution < 1.29 is 9.90 Å². The molecule has 1 aromatic heterocycles. The van der Waals surface area contributed by atoms with Gasteiger partial charge in [0.25, 0.3) is 0 Å². The fourth-order valence-corrected chi connectivity index (χ4v) is 1.85. The van der Waals surface area contributed by atoms with E-state index in [1.54, 1.807) is 4.68 Å². The highest BCUT2D eigenvalue weighted by molar-refractivity contribution is 5.70. The van der Waals surface area contributed by atoms with Gasteiger partial charge in [0, 0.05) is 19.2 Å². The van der Waals surface area contributed by atoms with Crippen molar-refractivity contribution in [3.8, 4) is 0 Å². The van der Waals surface area contributed by atoms with Gasteiger partial charge < -0.3 is 5.11 Å². The van der Waals surface area contributed by atoms with Crippen LogP contribution in [-0.2, 0) is 24.7 Å². The number of rotatable bonds is 6. The standard InChI is InChI=1S/C12H20N2O2/c1-4-6-9(12(15)16)7-11-8-10(5-2)13-14(11)3/h8-9H,4-7H2,1-3H3,(H,15,16). The zero-order valence-corrected chi connectivity index (χ0v) is 10.2. The highest BCUT2D eigenvalue weighted by Crippen LogP contribution is 2.15. The Kier molecular flexibility index (Phi) is 4.52. The molecule has 0 saturated carbocycles. The van der Waals surface area contributed by atoms with E-state index in [2.05, 4.69) is 5.10 Å². The molecule has 90 valence electrons. The summed E-state index contributed by atoms with van der Waals surface area (Å²) in [6.07, 6.45) is 3.09. The van der Waals surface area contributed by atoms with Crippen LogP contribution < -0.4 is 0 Å². The molecule has 4 heteroatoms. The smallest absolute Gasteiger partial charge is 0.306 e. The molecule has 1 rings (SSSR count). The minimum Gasteiger partial charge on any atom is -0.481 e. The first-order valence-electron chi connectivity index (χ1n) is 5.83. The molecule has 0 aliphatic rings. The summed E-state index contributed by atoms with van der Waals surface area (Å²) < 4.78 is 1.80. The first-order chi connectivity index (χ1) is 7.58. The number of hydrogen-bond acceptors (Lipinski definition) is 2. The zero-order valence-electron chi connectivity index (χ0n) is 10.2. The Hall–Kier alpha value is -1.32. The van der Waals surface area contributed by atoms with Crippen molar-refractivity contribution >= 4 is 5.97 Å². The van der Waals surface area contributed by atoms with Gasteiger partial charge in [-0.2, -0.15) is 5.10 Å². The summed E-state index contributed by atoms with van der Waals surface area (Å²) in [4.78, 5) is 11.1. The predicted molar refractivity (Wildman–Crippen MR) is 62.3 cm³/mol. The molecule has 0 fully saturated rings. The maximum atomic E-state index is 11.1. The van der Waals surface area contributed by atoms with Crippen LogP contribution in [0, 0.1) is 5.92 Å². The summed E-state index contributed by atoms with van der Waals surface area (Å²) in [7, 11) is 1.87. The molecule has 0 bridgehead atoms. The molecular formula is C12H20N2O2. The second-order valence-corrected chi connectivity index (χ2v) is 4.13. The summed E-state index contributed by atoms with van der Waals surface area (Å²) in [5.41, 5.74) is 2.04. The Labute approximate surface area is 96.3 Å². The highest BCUT2D eigenvalue weighted by atomic mass is 16.4. The van der Waals surface area contributed by atoms with E-state index in [0.717, 1.165) is 30.7 Å². The van der Waals surface area contributed by atoms with Gasteiger partial charge in [-0.15, -0.1) is 0 Å². The van der Waals surface area contributed by atoms with E-state index in [1.807, 2.05) is 27.0 Å². The fourth-order valence-electron chi connectivity index (χ4n) is 1.85. The number of carboxylic acid groups (broad SMARTS) is 1. The Morgan fingerprint density at radius 2 is 2.25 bits per heavy atom. The van der Waals surface area contributed by atoms with Crippen molar-refractivity contribution in [2.75, 3.05) is 0 Å². The third-order valence-corrected chi connectivity index (χ3v) is 2.83. The van der Waals surface area contributed by atoms with E-state index in [1.165, 1.54) is 0 Å². The average Bonchev–Trinajstić information content (AvgIpc) is 2.59. The van der Waals surface area contributed by atoms with Gasteiger partial charge in [0.15, 0.2) is 0 Å². The number of carbonyl (C=O) groups is 1. The van der Waals surface area contributed by atoms with Gasteiger partial charge in [-0.3, -0.25) is 9.48 Å². The number of aliphatic carboxylic acids is 1. The minimum atomic E-state index is -0.707. The van der Waals surface area contributed by atoms with Crippen molar-refractivity contribution in [3.63, 3.8) is 0 Å². The molecular weight excluding hydrogens is 204 g/mol. The third-order valence-electron chi connectivity index (χ3n) is 2.83. The number of aryl methyl sites for hydroxylation is 2. The van der Waals surface area contributed by atoms with E-state index >= 15 is 0 Å². The van der Waals surface area contributed by atoms with Crippen LogP contribution in [-0.4, -0.2) is 20.9 Å². The van der Waals surface area contributed by atoms with Crippen LogP contribution in [0.5, 0.6) is 0 Å². The molecule has 0 saturated heterocycles. The lowest BCUT2D eigenvalue weighted by Crippen LogP contribution is -2.17. The molecule has 1 unspecified atom stereocenters. The summed E-state index contributed by atoms with van der Waals surface area (Å²) in [5, 5.41) is 13.4. The van der Waals surface area contributed by atoms with Crippen LogP contribution in [0.3, 0.4) is 0 Å². The van der Waals surface area contributed by atoms with Crippen LogP contribution in [0.2, 0.25) is 0 Å². The summed E-state index contributed by atoms with van der Waals surface area (Å²) in [6, 6.07) is 2.01. The van der Waals surface area contributed by atoms with E-state index in [0.29, 0.717) is 6.42 Å². The third kappa shape index (κ3) is 3.08. The summed E-state index contributed by atoms with van der Waals surface area (Å²) in [5.74, 6) is -0.994. The average molecular weight is 224 g/mol. The first-order valence-corrected chi connectivity index (χ1v) is 5.83. The van der Waals surface area contributed by atoms with Crippen molar-refractivity contribution in [2.45, 2.75) is 39.5 Å². The normalized spacial score (nSPS) is 12.7. The van der Waals surface area contributed by atoms with E-state index in [9.17, 15) is 4.79 Å². The van der Waals surface area contributed by atoms with E-state index < -0.39 is 5.97 Å². The Morgan fingerprint density at radius 1 is 1.56 bits per heavy atom. The minimum absolute atomic E-state index is 0.287. The van der Waals surface area contributed by atoms with E-state index in [-0.39, 0.29) is 5.92 Å². The quantitative estimate of drug-likeness (QED) is 0.804. The Bertz CT molecular complexity index is 358. The van der Waals surface area contributed by atoms with Crippen molar-refractivity contribution in [3.05, 3.63) is 17.5 Å². The second kappa shape index (κ2) is 5.68. The van der Waals surface area contributed by atoms with Crippen LogP contribution in [0.1, 0.15) is 38.1 Å². The molecule has 1 atom stereocenters. The molecule has 16 heavy (non-hydrogen) atoms. The molecule has 4 nitrogen and oxygen atoms in total. The molecule has 0 aliphatic carbocycles. The van der Waals surface area contributed by atoms with Gasteiger partial charge in [-0.1, -0.05) is 20.3 Å². The van der Waals surface area contributed by atoms with Crippen LogP contribution in [0.25, 0.3) is 0 Å². The van der Waals surface area contributed by atoms with Crippen LogP contribution >= 0.6 is 0 Å². The largest absolute Gasteiger partial charge is 0.481 e. The summed E-state index contributed by atoms with van der Waals surface area (Å²) in [6.45, 7) is 4.06. The monoisotopic (exact) mass is 224 g/mol. The van der Waals surface area contributed by atoms with E-state index in [4.69, 9.17) is 5.11 Å². The van der Waals surface area contributed by atoms with Crippen LogP contribution in [0.15, 0.2) is 6.07 Å². The van der Waals surface area contributed by atoms with Gasteiger partial charge in [0.05, 0.1) is 11.6 Å². The molecule has 1 aromatic rings. The molecule has 0 spiro atoms. The first kappa shape index (κ1) is 12.7. The van der Waals surface area contributed by atoms with Gasteiger partial charge in [-0.05, 0) is 18.9 Å². The maximum Gasteiger partial charge on any atom is 0.306 e. The fraction of sp³-hybridized carbons (Fsp3) is 0.667. The molecule has 1 N–H and O–H groups in total. The maximum absolute atomic E-state index is 11.1. The highest BCUT2D eigenvalue weighted by Gasteiger charge is 2.18. The van der Waals surface area contributed by atoms with Crippen LogP contribution in [0.4, 0.5) is 0 Å². The second-order valence-electron chi connectivity index (χ2n) is 4.13. The van der Waals surface area contributed by atoms with Crippen molar-refractivity contribution in [1.29, 1.82) is 0 Å². The lowest BCUT2D eigenvalue weighted by molar-refractivity contribution is -0.142. The van der Waals surface area contributed by atoms with Gasteiger partial charge in [-0.25, -0.2) is 0 Å². The lowest BCUT2D eigenvalue weighted by atomic mass is 9.98. The van der Waals surface area contributed by atoms with Crippen molar-refractivity contribution in [1.82, 2.24) is 9.78 Å². The SMILES string of the molecule is CCCC(Cc1cc(CC)nn1C)C(=O)O. The predicted octanol–water partition coefficient (Wildman–Crippen LogP) is 2.03. The summed E-state index contributed by atoms with van der Waals surface area (Å²) >= 11 is 0. The van der Waals surface area contributed by atoms with Gasteiger partial charge in [0.1, 0.15) is 0 Å².